The first-order chi connectivity index (χ1) is 18.0. The minimum absolute atomic E-state index is 0.0337. The zero-order valence-electron chi connectivity index (χ0n) is 20.9. The number of pyridine rings is 1. The molecule has 2 fully saturated rings. The largest absolute Gasteiger partial charge is 0.378 e. The molecule has 0 bridgehead atoms. The van der Waals surface area contributed by atoms with Crippen LogP contribution in [0.5, 0.6) is 0 Å². The van der Waals surface area contributed by atoms with Crippen molar-refractivity contribution in [3.05, 3.63) is 52.8 Å². The molecular formula is C27H33ClN6O3. The standard InChI is InChI=1S/C27H33ClN6O3/c1-16-2-5-18-6-9-22(34-24(18)23(16)28)32-20-7-3-17(4-8-20)10-11-29-27-30-12-19(13-31-27)25(35)26(36)33-21-14-37-15-21/h2,5-6,9,12-13,17,20-21,25,35H,3-4,7-8,10-11,14-15H2,1H3,(H,32,34)(H,33,36)(H,29,30,31)/t17?,20?,25-/m1/s1. The molecule has 3 aromatic rings. The van der Waals surface area contributed by atoms with Crippen molar-refractivity contribution in [1.82, 2.24) is 20.3 Å². The third kappa shape index (κ3) is 6.29. The van der Waals surface area contributed by atoms with Gasteiger partial charge in [-0.05, 0) is 62.6 Å². The Morgan fingerprint density at radius 2 is 1.84 bits per heavy atom. The van der Waals surface area contributed by atoms with Gasteiger partial charge in [0.05, 0.1) is 29.8 Å². The van der Waals surface area contributed by atoms with Crippen molar-refractivity contribution in [2.24, 2.45) is 5.92 Å². The quantitative estimate of drug-likeness (QED) is 0.331. The van der Waals surface area contributed by atoms with Crippen molar-refractivity contribution in [3.8, 4) is 0 Å². The van der Waals surface area contributed by atoms with E-state index < -0.39 is 12.0 Å². The average Bonchev–Trinajstić information content (AvgIpc) is 2.89. The molecule has 1 saturated heterocycles. The van der Waals surface area contributed by atoms with Gasteiger partial charge in [-0.25, -0.2) is 15.0 Å². The third-order valence-corrected chi connectivity index (χ3v) is 7.73. The Kier molecular flexibility index (Phi) is 8.02. The Morgan fingerprint density at radius 3 is 2.54 bits per heavy atom. The zero-order chi connectivity index (χ0) is 25.8. The van der Waals surface area contributed by atoms with E-state index in [-0.39, 0.29) is 6.04 Å². The molecule has 1 saturated carbocycles. The van der Waals surface area contributed by atoms with Crippen LogP contribution in [0.15, 0.2) is 36.7 Å². The molecule has 2 aliphatic rings. The second kappa shape index (κ2) is 11.6. The second-order valence-corrected chi connectivity index (χ2v) is 10.4. The maximum absolute atomic E-state index is 12.1. The lowest BCUT2D eigenvalue weighted by atomic mass is 9.84. The van der Waals surface area contributed by atoms with Crippen molar-refractivity contribution >= 4 is 40.2 Å². The monoisotopic (exact) mass is 524 g/mol. The number of rotatable bonds is 9. The number of ether oxygens (including phenoxy) is 1. The number of nitrogens with one attached hydrogen (secondary N) is 3. The number of carbonyl (C=O) groups is 1. The number of fused-ring (bicyclic) bond motifs is 1. The average molecular weight is 525 g/mol. The Balaban J connectivity index is 1.04. The van der Waals surface area contributed by atoms with Gasteiger partial charge in [-0.15, -0.1) is 0 Å². The number of anilines is 2. The van der Waals surface area contributed by atoms with Crippen LogP contribution < -0.4 is 16.0 Å². The molecule has 1 aliphatic carbocycles. The number of hydrogen-bond acceptors (Lipinski definition) is 8. The Labute approximate surface area is 221 Å². The third-order valence-electron chi connectivity index (χ3n) is 7.25. The van der Waals surface area contributed by atoms with E-state index >= 15 is 0 Å². The smallest absolute Gasteiger partial charge is 0.253 e. The van der Waals surface area contributed by atoms with Gasteiger partial charge < -0.3 is 25.8 Å². The summed E-state index contributed by atoms with van der Waals surface area (Å²) in [7, 11) is 0. The number of aliphatic hydroxyl groups excluding tert-OH is 1. The summed E-state index contributed by atoms with van der Waals surface area (Å²) >= 11 is 6.47. The number of aromatic nitrogens is 3. The van der Waals surface area contributed by atoms with E-state index in [1.54, 1.807) is 0 Å². The van der Waals surface area contributed by atoms with E-state index in [0.29, 0.717) is 36.7 Å². The molecule has 9 nitrogen and oxygen atoms in total. The van der Waals surface area contributed by atoms with Gasteiger partial charge in [-0.2, -0.15) is 0 Å². The molecule has 3 heterocycles. The minimum Gasteiger partial charge on any atom is -0.378 e. The van der Waals surface area contributed by atoms with Gasteiger partial charge in [0.15, 0.2) is 6.10 Å². The van der Waals surface area contributed by atoms with Gasteiger partial charge in [0.2, 0.25) is 5.95 Å². The van der Waals surface area contributed by atoms with E-state index in [4.69, 9.17) is 21.3 Å². The number of halogens is 1. The minimum atomic E-state index is -1.29. The van der Waals surface area contributed by atoms with Crippen molar-refractivity contribution in [2.75, 3.05) is 30.4 Å². The summed E-state index contributed by atoms with van der Waals surface area (Å²) in [6.45, 7) is 3.73. The molecule has 1 amide bonds. The second-order valence-electron chi connectivity index (χ2n) is 10.0. The predicted octanol–water partition coefficient (Wildman–Crippen LogP) is 4.01. The molecule has 4 N–H and O–H groups in total. The topological polar surface area (TPSA) is 121 Å². The highest BCUT2D eigenvalue weighted by molar-refractivity contribution is 6.35. The lowest BCUT2D eigenvalue weighted by Gasteiger charge is -2.29. The molecular weight excluding hydrogens is 492 g/mol. The fourth-order valence-electron chi connectivity index (χ4n) is 4.85. The number of carbonyl (C=O) groups excluding carboxylic acids is 1. The number of aliphatic hydroxyl groups is 1. The summed E-state index contributed by atoms with van der Waals surface area (Å²) in [5.41, 5.74) is 2.25. The summed E-state index contributed by atoms with van der Waals surface area (Å²) in [5.74, 6) is 1.56. The SMILES string of the molecule is Cc1ccc2ccc(NC3CCC(CCNc4ncc([C@@H](O)C(=O)NC5COC5)cn4)CC3)nc2c1Cl. The highest BCUT2D eigenvalue weighted by atomic mass is 35.5. The first-order valence-electron chi connectivity index (χ1n) is 12.9. The number of amides is 1. The van der Waals surface area contributed by atoms with Crippen molar-refractivity contribution in [3.63, 3.8) is 0 Å². The molecule has 1 aliphatic heterocycles. The summed E-state index contributed by atoms with van der Waals surface area (Å²) in [5, 5.41) is 21.6. The molecule has 196 valence electrons. The highest BCUT2D eigenvalue weighted by Gasteiger charge is 2.26. The molecule has 10 heteroatoms. The molecule has 37 heavy (non-hydrogen) atoms. The fourth-order valence-corrected chi connectivity index (χ4v) is 5.06. The number of hydrogen-bond donors (Lipinski definition) is 4. The summed E-state index contributed by atoms with van der Waals surface area (Å²) in [6.07, 6.45) is 7.24. The summed E-state index contributed by atoms with van der Waals surface area (Å²) < 4.78 is 5.03. The van der Waals surface area contributed by atoms with Crippen LogP contribution >= 0.6 is 11.6 Å². The predicted molar refractivity (Wildman–Crippen MR) is 144 cm³/mol. The highest BCUT2D eigenvalue weighted by Crippen LogP contribution is 2.30. The van der Waals surface area contributed by atoms with Crippen LogP contribution in [-0.2, 0) is 9.53 Å². The van der Waals surface area contributed by atoms with Crippen LogP contribution in [0, 0.1) is 12.8 Å². The zero-order valence-corrected chi connectivity index (χ0v) is 21.7. The van der Waals surface area contributed by atoms with Gasteiger partial charge in [-0.1, -0.05) is 23.7 Å². The van der Waals surface area contributed by atoms with Crippen LogP contribution in [0.4, 0.5) is 11.8 Å². The summed E-state index contributed by atoms with van der Waals surface area (Å²) in [6, 6.07) is 8.56. The first kappa shape index (κ1) is 25.6. The van der Waals surface area contributed by atoms with Crippen molar-refractivity contribution in [2.45, 2.75) is 57.2 Å². The van der Waals surface area contributed by atoms with Gasteiger partial charge >= 0.3 is 0 Å². The number of nitrogens with zero attached hydrogens (tertiary/aromatic N) is 3. The lowest BCUT2D eigenvalue weighted by molar-refractivity contribution is -0.133. The lowest BCUT2D eigenvalue weighted by Crippen LogP contribution is -2.50. The molecule has 1 atom stereocenters. The maximum Gasteiger partial charge on any atom is 0.253 e. The van der Waals surface area contributed by atoms with E-state index in [0.717, 1.165) is 66.0 Å². The van der Waals surface area contributed by atoms with Crippen molar-refractivity contribution in [1.29, 1.82) is 0 Å². The molecule has 1 aromatic carbocycles. The Morgan fingerprint density at radius 1 is 1.11 bits per heavy atom. The van der Waals surface area contributed by atoms with Gasteiger partial charge in [0.25, 0.3) is 5.91 Å². The van der Waals surface area contributed by atoms with Crippen molar-refractivity contribution < 1.29 is 14.6 Å². The number of aryl methyl sites for hydroxylation is 1. The molecule has 0 unspecified atom stereocenters. The van der Waals surface area contributed by atoms with Crippen LogP contribution in [0.1, 0.15) is 49.3 Å². The van der Waals surface area contributed by atoms with E-state index in [1.165, 1.54) is 12.4 Å². The maximum atomic E-state index is 12.1. The van der Waals surface area contributed by atoms with E-state index in [9.17, 15) is 9.90 Å². The Hall–Kier alpha value is -3.01. The van der Waals surface area contributed by atoms with Crippen LogP contribution in [0.25, 0.3) is 10.9 Å². The molecule has 0 radical (unpaired) electrons. The molecule has 2 aromatic heterocycles. The Bertz CT molecular complexity index is 1230. The summed E-state index contributed by atoms with van der Waals surface area (Å²) in [4.78, 5) is 25.4. The molecule has 0 spiro atoms. The normalized spacial score (nSPS) is 20.7. The number of benzene rings is 1. The van der Waals surface area contributed by atoms with Gasteiger partial charge in [0, 0.05) is 35.9 Å². The van der Waals surface area contributed by atoms with Gasteiger partial charge in [0.1, 0.15) is 5.82 Å². The van der Waals surface area contributed by atoms with Gasteiger partial charge in [-0.3, -0.25) is 4.79 Å². The van der Waals surface area contributed by atoms with Crippen LogP contribution in [0.3, 0.4) is 0 Å². The first-order valence-corrected chi connectivity index (χ1v) is 13.3. The van der Waals surface area contributed by atoms with E-state index in [2.05, 4.69) is 38.1 Å². The van der Waals surface area contributed by atoms with Crippen LogP contribution in [-0.4, -0.2) is 57.8 Å². The van der Waals surface area contributed by atoms with Crippen LogP contribution in [0.2, 0.25) is 5.02 Å². The molecule has 5 rings (SSSR count). The van der Waals surface area contributed by atoms with E-state index in [1.807, 2.05) is 19.1 Å². The fraction of sp³-hybridized carbons (Fsp3) is 0.481.